The first-order valence-electron chi connectivity index (χ1n) is 4.03. The van der Waals surface area contributed by atoms with E-state index in [4.69, 9.17) is 4.74 Å². The van der Waals surface area contributed by atoms with E-state index in [9.17, 15) is 0 Å². The van der Waals surface area contributed by atoms with Crippen molar-refractivity contribution in [2.75, 3.05) is 19.7 Å². The summed E-state index contributed by atoms with van der Waals surface area (Å²) in [6, 6.07) is 0. The van der Waals surface area contributed by atoms with Crippen molar-refractivity contribution in [3.05, 3.63) is 6.92 Å². The maximum absolute atomic E-state index is 5.49. The monoisotopic (exact) mass is 142 g/mol. The predicted molar refractivity (Wildman–Crippen MR) is 41.6 cm³/mol. The van der Waals surface area contributed by atoms with E-state index in [1.807, 2.05) is 6.92 Å². The summed E-state index contributed by atoms with van der Waals surface area (Å²) in [6.07, 6.45) is 2.81. The molecule has 0 aromatic heterocycles. The van der Waals surface area contributed by atoms with Gasteiger partial charge in [-0.3, -0.25) is 4.90 Å². The van der Waals surface area contributed by atoms with Crippen molar-refractivity contribution in [2.24, 2.45) is 0 Å². The van der Waals surface area contributed by atoms with Crippen molar-refractivity contribution >= 4 is 0 Å². The third-order valence-corrected chi connectivity index (χ3v) is 1.95. The predicted octanol–water partition coefficient (Wildman–Crippen LogP) is 1.28. The van der Waals surface area contributed by atoms with E-state index in [-0.39, 0.29) is 0 Å². The molecule has 0 aromatic rings. The summed E-state index contributed by atoms with van der Waals surface area (Å²) >= 11 is 0. The maximum atomic E-state index is 5.49. The van der Waals surface area contributed by atoms with Crippen LogP contribution >= 0.6 is 0 Å². The molecule has 1 radical (unpaired) electrons. The molecule has 0 N–H and O–H groups in total. The van der Waals surface area contributed by atoms with Gasteiger partial charge in [-0.2, -0.15) is 0 Å². The minimum atomic E-state index is 0.363. The molecule has 0 amide bonds. The highest BCUT2D eigenvalue weighted by molar-refractivity contribution is 4.72. The van der Waals surface area contributed by atoms with Gasteiger partial charge in [0.1, 0.15) is 6.23 Å². The molecule has 0 aromatic carbocycles. The van der Waals surface area contributed by atoms with Gasteiger partial charge in [-0.05, 0) is 26.7 Å². The van der Waals surface area contributed by atoms with Gasteiger partial charge in [0.15, 0.2) is 0 Å². The van der Waals surface area contributed by atoms with Crippen molar-refractivity contribution in [1.82, 2.24) is 4.90 Å². The second kappa shape index (κ2) is 3.94. The van der Waals surface area contributed by atoms with Crippen LogP contribution in [-0.4, -0.2) is 30.8 Å². The number of hydrogen-bond donors (Lipinski definition) is 0. The van der Waals surface area contributed by atoms with Gasteiger partial charge in [0.25, 0.3) is 0 Å². The normalized spacial score (nSPS) is 27.6. The van der Waals surface area contributed by atoms with Crippen LogP contribution in [0.2, 0.25) is 0 Å². The molecule has 2 heteroatoms. The van der Waals surface area contributed by atoms with Crippen LogP contribution in [0.1, 0.15) is 19.8 Å². The molecule has 0 spiro atoms. The number of hydrogen-bond acceptors (Lipinski definition) is 2. The Balaban J connectivity index is 2.27. The highest BCUT2D eigenvalue weighted by Gasteiger charge is 2.22. The Morgan fingerprint density at radius 2 is 2.50 bits per heavy atom. The molecule has 0 aliphatic carbocycles. The number of rotatable bonds is 3. The summed E-state index contributed by atoms with van der Waals surface area (Å²) in [4.78, 5) is 2.28. The largest absolute Gasteiger partial charge is 0.363 e. The first-order valence-corrected chi connectivity index (χ1v) is 4.03. The highest BCUT2D eigenvalue weighted by Crippen LogP contribution is 2.16. The molecule has 1 aliphatic rings. The van der Waals surface area contributed by atoms with E-state index >= 15 is 0 Å². The van der Waals surface area contributed by atoms with Crippen LogP contribution in [0.25, 0.3) is 0 Å². The van der Waals surface area contributed by atoms with Gasteiger partial charge in [-0.15, -0.1) is 0 Å². The smallest absolute Gasteiger partial charge is 0.110 e. The van der Waals surface area contributed by atoms with E-state index in [2.05, 4.69) is 11.8 Å². The Hall–Kier alpha value is -0.0800. The zero-order valence-corrected chi connectivity index (χ0v) is 6.68. The molecule has 1 saturated heterocycles. The summed E-state index contributed by atoms with van der Waals surface area (Å²) in [5.74, 6) is 0. The Bertz CT molecular complexity index is 95.3. The van der Waals surface area contributed by atoms with Crippen molar-refractivity contribution in [3.8, 4) is 0 Å². The van der Waals surface area contributed by atoms with Crippen LogP contribution in [-0.2, 0) is 4.74 Å². The van der Waals surface area contributed by atoms with Crippen LogP contribution in [0, 0.1) is 6.92 Å². The Morgan fingerprint density at radius 3 is 3.10 bits per heavy atom. The lowest BCUT2D eigenvalue weighted by atomic mass is 10.4. The Morgan fingerprint density at radius 1 is 1.70 bits per heavy atom. The Kier molecular flexibility index (Phi) is 3.16. The van der Waals surface area contributed by atoms with E-state index < -0.39 is 0 Å². The van der Waals surface area contributed by atoms with Crippen molar-refractivity contribution < 1.29 is 4.74 Å². The molecule has 2 nitrogen and oxygen atoms in total. The lowest BCUT2D eigenvalue weighted by Crippen LogP contribution is -2.31. The molecule has 1 fully saturated rings. The number of ether oxygens (including phenoxy) is 1. The first kappa shape index (κ1) is 8.02. The van der Waals surface area contributed by atoms with Crippen LogP contribution in [0.3, 0.4) is 0 Å². The topological polar surface area (TPSA) is 12.5 Å². The van der Waals surface area contributed by atoms with Crippen LogP contribution in [0.15, 0.2) is 0 Å². The minimum Gasteiger partial charge on any atom is -0.363 e. The minimum absolute atomic E-state index is 0.363. The van der Waals surface area contributed by atoms with Gasteiger partial charge in [-0.25, -0.2) is 0 Å². The summed E-state index contributed by atoms with van der Waals surface area (Å²) in [7, 11) is 0. The van der Waals surface area contributed by atoms with Crippen LogP contribution < -0.4 is 0 Å². The molecular weight excluding hydrogens is 126 g/mol. The SMILES string of the molecule is [CH2]CN1CCCC1OCC. The third kappa shape index (κ3) is 1.70. The van der Waals surface area contributed by atoms with E-state index in [1.165, 1.54) is 12.8 Å². The molecule has 1 atom stereocenters. The molecule has 1 heterocycles. The summed E-state index contributed by atoms with van der Waals surface area (Å²) in [5.41, 5.74) is 0. The highest BCUT2D eigenvalue weighted by atomic mass is 16.5. The molecule has 0 bridgehead atoms. The molecular formula is C8H16NO. The average Bonchev–Trinajstić information content (AvgIpc) is 2.36. The van der Waals surface area contributed by atoms with E-state index in [1.54, 1.807) is 0 Å². The average molecular weight is 142 g/mol. The molecule has 1 rings (SSSR count). The van der Waals surface area contributed by atoms with Crippen molar-refractivity contribution in [3.63, 3.8) is 0 Å². The fraction of sp³-hybridized carbons (Fsp3) is 0.875. The number of likely N-dealkylation sites (tertiary alicyclic amines) is 1. The first-order chi connectivity index (χ1) is 4.88. The fourth-order valence-electron chi connectivity index (χ4n) is 1.43. The zero-order valence-electron chi connectivity index (χ0n) is 6.68. The summed E-state index contributed by atoms with van der Waals surface area (Å²) in [5, 5.41) is 0. The van der Waals surface area contributed by atoms with E-state index in [0.29, 0.717) is 6.23 Å². The van der Waals surface area contributed by atoms with Gasteiger partial charge in [0, 0.05) is 19.7 Å². The zero-order chi connectivity index (χ0) is 7.40. The van der Waals surface area contributed by atoms with Gasteiger partial charge in [0.05, 0.1) is 0 Å². The molecule has 10 heavy (non-hydrogen) atoms. The lowest BCUT2D eigenvalue weighted by Gasteiger charge is -2.21. The molecule has 59 valence electrons. The van der Waals surface area contributed by atoms with Crippen molar-refractivity contribution in [2.45, 2.75) is 26.0 Å². The lowest BCUT2D eigenvalue weighted by molar-refractivity contribution is -0.0241. The number of nitrogens with zero attached hydrogens (tertiary/aromatic N) is 1. The van der Waals surface area contributed by atoms with Crippen LogP contribution in [0.5, 0.6) is 0 Å². The maximum Gasteiger partial charge on any atom is 0.110 e. The standard InChI is InChI=1S/C8H16NO/c1-3-9-7-5-6-8(9)10-4-2/h8H,1,3-7H2,2H3. The quantitative estimate of drug-likeness (QED) is 0.588. The van der Waals surface area contributed by atoms with Gasteiger partial charge in [0.2, 0.25) is 0 Å². The molecule has 1 aliphatic heterocycles. The van der Waals surface area contributed by atoms with Crippen LogP contribution in [0.4, 0.5) is 0 Å². The third-order valence-electron chi connectivity index (χ3n) is 1.95. The van der Waals surface area contributed by atoms with Crippen molar-refractivity contribution in [1.29, 1.82) is 0 Å². The van der Waals surface area contributed by atoms with Gasteiger partial charge < -0.3 is 4.74 Å². The molecule has 0 saturated carbocycles. The second-order valence-electron chi connectivity index (χ2n) is 2.59. The summed E-state index contributed by atoms with van der Waals surface area (Å²) < 4.78 is 5.49. The Labute approximate surface area is 63.2 Å². The molecule has 1 unspecified atom stereocenters. The van der Waals surface area contributed by atoms with E-state index in [0.717, 1.165) is 19.7 Å². The second-order valence-corrected chi connectivity index (χ2v) is 2.59. The fourth-order valence-corrected chi connectivity index (χ4v) is 1.43. The summed E-state index contributed by atoms with van der Waals surface area (Å²) in [6.45, 7) is 8.75. The van der Waals surface area contributed by atoms with Gasteiger partial charge in [-0.1, -0.05) is 0 Å². The van der Waals surface area contributed by atoms with Gasteiger partial charge >= 0.3 is 0 Å².